The Kier molecular flexibility index (Phi) is 21.4. The Bertz CT molecular complexity index is 423. The third-order valence-corrected chi connectivity index (χ3v) is 2.74. The van der Waals surface area contributed by atoms with Gasteiger partial charge < -0.3 is 48.5 Å². The molecule has 4 atom stereocenters. The van der Waals surface area contributed by atoms with Crippen LogP contribution in [0.1, 0.15) is 0 Å². The average molecular weight is 406 g/mol. The monoisotopic (exact) mass is 406 g/mol. The first kappa shape index (κ1) is 33.4. The van der Waals surface area contributed by atoms with E-state index in [2.05, 4.69) is 9.05 Å². The first-order valence-electron chi connectivity index (χ1n) is 4.75. The van der Waals surface area contributed by atoms with Gasteiger partial charge in [-0.15, -0.1) is 0 Å². The van der Waals surface area contributed by atoms with Gasteiger partial charge in [-0.1, -0.05) is 0 Å². The van der Waals surface area contributed by atoms with Gasteiger partial charge >= 0.3 is 88.7 Å². The van der Waals surface area contributed by atoms with Crippen LogP contribution in [-0.4, -0.2) is 57.5 Å². The van der Waals surface area contributed by atoms with Crippen LogP contribution in [0.4, 0.5) is 0 Å². The van der Waals surface area contributed by atoms with Crippen molar-refractivity contribution in [2.24, 2.45) is 0 Å². The van der Waals surface area contributed by atoms with Gasteiger partial charge in [0, 0.05) is 0 Å². The third kappa shape index (κ3) is 17.9. The molecule has 0 spiro atoms. The number of Topliss-reactive ketones (excluding diaryl/α,β-unsaturated/α-hetero) is 1. The van der Waals surface area contributed by atoms with Crippen LogP contribution in [0.15, 0.2) is 0 Å². The molecule has 0 aromatic heterocycles. The summed E-state index contributed by atoms with van der Waals surface area (Å²) in [5, 5.41) is 27.5. The molecule has 4 N–H and O–H groups in total. The second-order valence-electron chi connectivity index (χ2n) is 3.45. The maximum atomic E-state index is 11.1. The predicted molar refractivity (Wildman–Crippen MR) is 52.4 cm³/mol. The van der Waals surface area contributed by atoms with E-state index >= 15 is 0 Å². The summed E-state index contributed by atoms with van der Waals surface area (Å²) in [5.41, 5.74) is 0. The summed E-state index contributed by atoms with van der Waals surface area (Å²) in [7, 11) is -10.6. The molecule has 0 saturated heterocycles. The molecule has 23 heavy (non-hydrogen) atoms. The van der Waals surface area contributed by atoms with Gasteiger partial charge in [0.05, 0.1) is 14.4 Å². The standard InChI is InChI=1S/C6H14O12P2.3Na/c7-3(1-17-19(11,12)13)5(9)6(10)4(8)2-18-20(14,15)16;;;/h3,5-7,9-10H,1-2H2,(H2,11,12,13)(H2,14,15,16);;;/q;3*+1/p-3/t3?,5?,6-;;;/m1.../s1. The summed E-state index contributed by atoms with van der Waals surface area (Å²) in [6.45, 7) is -2.55. The zero-order valence-corrected chi connectivity index (χ0v) is 20.4. The van der Waals surface area contributed by atoms with Gasteiger partial charge in [0.1, 0.15) is 24.9 Å². The molecule has 0 saturated carbocycles. The molecule has 0 aromatic carbocycles. The van der Waals surface area contributed by atoms with Crippen molar-refractivity contribution < 1.29 is 147 Å². The molecule has 17 heteroatoms. The maximum absolute atomic E-state index is 11.1. The van der Waals surface area contributed by atoms with E-state index in [9.17, 15) is 38.8 Å². The molecule has 0 heterocycles. The second kappa shape index (κ2) is 14.8. The zero-order chi connectivity index (χ0) is 16.1. The molecular weight excluding hydrogens is 395 g/mol. The Morgan fingerprint density at radius 1 is 1.00 bits per heavy atom. The Balaban J connectivity index is -0.000000602. The summed E-state index contributed by atoms with van der Waals surface area (Å²) in [6, 6.07) is 0. The van der Waals surface area contributed by atoms with E-state index in [0.29, 0.717) is 0 Å². The number of aliphatic hydroxyl groups is 3. The van der Waals surface area contributed by atoms with Gasteiger partial charge in [0.25, 0.3) is 7.82 Å². The van der Waals surface area contributed by atoms with Crippen molar-refractivity contribution in [2.45, 2.75) is 18.3 Å². The number of aliphatic hydroxyl groups excluding tert-OH is 3. The van der Waals surface area contributed by atoms with Crippen LogP contribution >= 0.6 is 15.6 Å². The molecule has 0 aliphatic heterocycles. The number of carbonyl (C=O) groups is 1. The molecule has 0 rings (SSSR count). The Morgan fingerprint density at radius 3 is 1.78 bits per heavy atom. The predicted octanol–water partition coefficient (Wildman–Crippen LogP) is -14.0. The van der Waals surface area contributed by atoms with Crippen LogP contribution in [-0.2, 0) is 23.0 Å². The van der Waals surface area contributed by atoms with Crippen LogP contribution in [0.2, 0.25) is 0 Å². The molecule has 3 unspecified atom stereocenters. The average Bonchev–Trinajstić information content (AvgIpc) is 2.29. The van der Waals surface area contributed by atoms with E-state index in [-0.39, 0.29) is 88.7 Å². The fourth-order valence-corrected chi connectivity index (χ4v) is 1.52. The first-order chi connectivity index (χ1) is 8.83. The Hall–Kier alpha value is 2.77. The molecule has 0 aliphatic carbocycles. The van der Waals surface area contributed by atoms with Crippen molar-refractivity contribution in [3.8, 4) is 0 Å². The van der Waals surface area contributed by atoms with E-state index in [4.69, 9.17) is 10.00 Å². The Morgan fingerprint density at radius 2 is 1.43 bits per heavy atom. The number of phosphoric ester groups is 2. The molecule has 0 aliphatic rings. The van der Waals surface area contributed by atoms with Crippen molar-refractivity contribution >= 4 is 21.4 Å². The summed E-state index contributed by atoms with van der Waals surface area (Å²) < 4.78 is 27.5. The van der Waals surface area contributed by atoms with Crippen molar-refractivity contribution in [1.29, 1.82) is 0 Å². The van der Waals surface area contributed by atoms with E-state index < -0.39 is 53.0 Å². The minimum absolute atomic E-state index is 0. The van der Waals surface area contributed by atoms with E-state index in [1.165, 1.54) is 0 Å². The summed E-state index contributed by atoms with van der Waals surface area (Å²) in [6.07, 6.45) is -6.77. The van der Waals surface area contributed by atoms with Gasteiger partial charge in [-0.2, -0.15) is 0 Å². The van der Waals surface area contributed by atoms with Gasteiger partial charge in [0.15, 0.2) is 5.78 Å². The molecular formula is C6H11Na3O12P2. The topological polar surface area (TPSA) is 220 Å². The number of hydrogen-bond donors (Lipinski definition) is 4. The summed E-state index contributed by atoms with van der Waals surface area (Å²) in [5.74, 6) is -1.44. The van der Waals surface area contributed by atoms with E-state index in [1.54, 1.807) is 0 Å². The molecule has 12 nitrogen and oxygen atoms in total. The van der Waals surface area contributed by atoms with Crippen molar-refractivity contribution in [2.75, 3.05) is 13.2 Å². The number of ketones is 1. The Labute approximate surface area is 197 Å². The molecule has 0 aromatic rings. The van der Waals surface area contributed by atoms with Gasteiger partial charge in [-0.25, -0.2) is 0 Å². The van der Waals surface area contributed by atoms with Crippen LogP contribution in [0, 0.1) is 0 Å². The minimum atomic E-state index is -5.42. The molecule has 0 radical (unpaired) electrons. The van der Waals surface area contributed by atoms with Gasteiger partial charge in [0.2, 0.25) is 0 Å². The van der Waals surface area contributed by atoms with Crippen molar-refractivity contribution in [3.05, 3.63) is 0 Å². The quantitative estimate of drug-likeness (QED) is 0.207. The first-order valence-corrected chi connectivity index (χ1v) is 7.71. The maximum Gasteiger partial charge on any atom is 1.00 e. The number of phosphoric acid groups is 2. The SMILES string of the molecule is O=C(COP(=O)([O-])O)[C@@H](O)C(O)C(O)COP(=O)([O-])[O-].[Na+].[Na+].[Na+]. The second-order valence-corrected chi connectivity index (χ2v) is 5.80. The van der Waals surface area contributed by atoms with E-state index in [1.807, 2.05) is 0 Å². The van der Waals surface area contributed by atoms with Crippen LogP contribution in [0.3, 0.4) is 0 Å². The molecule has 0 amide bonds. The number of hydrogen-bond acceptors (Lipinski definition) is 11. The minimum Gasteiger partial charge on any atom is -0.790 e. The van der Waals surface area contributed by atoms with Crippen LogP contribution < -0.4 is 103 Å². The van der Waals surface area contributed by atoms with E-state index in [0.717, 1.165) is 0 Å². The fourth-order valence-electron chi connectivity index (χ4n) is 0.898. The van der Waals surface area contributed by atoms with Crippen molar-refractivity contribution in [3.63, 3.8) is 0 Å². The van der Waals surface area contributed by atoms with Crippen molar-refractivity contribution in [1.82, 2.24) is 0 Å². The molecule has 120 valence electrons. The molecule has 0 bridgehead atoms. The largest absolute Gasteiger partial charge is 1.00 e. The molecule has 0 fully saturated rings. The number of rotatable bonds is 9. The normalized spacial score (nSPS) is 17.3. The van der Waals surface area contributed by atoms with Gasteiger partial charge in [-0.05, 0) is 0 Å². The summed E-state index contributed by atoms with van der Waals surface area (Å²) in [4.78, 5) is 49.6. The number of carbonyl (C=O) groups excluding carboxylic acids is 1. The smallest absolute Gasteiger partial charge is 0.790 e. The van der Waals surface area contributed by atoms with Gasteiger partial charge in [-0.3, -0.25) is 9.36 Å². The summed E-state index contributed by atoms with van der Waals surface area (Å²) >= 11 is 0. The van der Waals surface area contributed by atoms with Crippen LogP contribution in [0.5, 0.6) is 0 Å². The van der Waals surface area contributed by atoms with Crippen LogP contribution in [0.25, 0.3) is 0 Å². The zero-order valence-electron chi connectivity index (χ0n) is 12.6. The fraction of sp³-hybridized carbons (Fsp3) is 0.833. The third-order valence-electron chi connectivity index (χ3n) is 1.82.